The molecule has 4 nitrogen and oxygen atoms in total. The molecule has 0 unspecified atom stereocenters. The lowest BCUT2D eigenvalue weighted by Gasteiger charge is -2.07. The lowest BCUT2D eigenvalue weighted by Crippen LogP contribution is -2.12. The van der Waals surface area contributed by atoms with Gasteiger partial charge in [0.15, 0.2) is 11.4 Å². The molecule has 0 fully saturated rings. The van der Waals surface area contributed by atoms with Crippen molar-refractivity contribution in [3.63, 3.8) is 0 Å². The highest BCUT2D eigenvalue weighted by Gasteiger charge is 2.30. The van der Waals surface area contributed by atoms with Crippen molar-refractivity contribution in [2.75, 3.05) is 0 Å². The minimum atomic E-state index is -4.43. The van der Waals surface area contributed by atoms with Gasteiger partial charge in [0.1, 0.15) is 0 Å². The Morgan fingerprint density at radius 2 is 2.00 bits per heavy atom. The van der Waals surface area contributed by atoms with Crippen LogP contribution in [0.4, 0.5) is 13.2 Å². The van der Waals surface area contributed by atoms with Crippen LogP contribution in [0.25, 0.3) is 20.5 Å². The molecule has 8 heteroatoms. The molecule has 3 aromatic rings. The minimum Gasteiger partial charge on any atom is -0.504 e. The van der Waals surface area contributed by atoms with E-state index in [0.717, 1.165) is 23.5 Å². The number of hydrogen-bond donors (Lipinski definition) is 2. The molecule has 0 radical (unpaired) electrons. The van der Waals surface area contributed by atoms with Crippen LogP contribution in [0.3, 0.4) is 0 Å². The Balaban J connectivity index is 2.15. The molecule has 0 aliphatic heterocycles. The number of amides is 1. The molecule has 0 saturated carbocycles. The Hall–Kier alpha value is -2.61. The number of pyridine rings is 1. The Morgan fingerprint density at radius 3 is 2.65 bits per heavy atom. The third-order valence-electron chi connectivity index (χ3n) is 3.24. The number of hydrogen-bond acceptors (Lipinski definition) is 4. The van der Waals surface area contributed by atoms with Crippen LogP contribution >= 0.6 is 11.3 Å². The zero-order valence-corrected chi connectivity index (χ0v) is 12.2. The Morgan fingerprint density at radius 1 is 1.26 bits per heavy atom. The first-order chi connectivity index (χ1) is 10.8. The normalized spacial score (nSPS) is 11.8. The monoisotopic (exact) mass is 338 g/mol. The van der Waals surface area contributed by atoms with Gasteiger partial charge in [0.05, 0.1) is 10.3 Å². The number of thiophene rings is 1. The first kappa shape index (κ1) is 15.3. The number of halogens is 3. The van der Waals surface area contributed by atoms with Crippen LogP contribution in [-0.2, 0) is 6.18 Å². The number of fused-ring (bicyclic) bond motifs is 1. The van der Waals surface area contributed by atoms with E-state index in [1.165, 1.54) is 12.3 Å². The summed E-state index contributed by atoms with van der Waals surface area (Å²) in [6, 6.07) is 6.48. The molecule has 0 spiro atoms. The quantitative estimate of drug-likeness (QED) is 0.746. The van der Waals surface area contributed by atoms with E-state index < -0.39 is 17.6 Å². The van der Waals surface area contributed by atoms with E-state index in [1.807, 2.05) is 0 Å². The van der Waals surface area contributed by atoms with Gasteiger partial charge in [-0.05, 0) is 23.8 Å². The van der Waals surface area contributed by atoms with E-state index in [0.29, 0.717) is 20.5 Å². The highest BCUT2D eigenvalue weighted by atomic mass is 32.1. The zero-order chi connectivity index (χ0) is 16.8. The van der Waals surface area contributed by atoms with E-state index in [-0.39, 0.29) is 11.4 Å². The topological polar surface area (TPSA) is 76.2 Å². The van der Waals surface area contributed by atoms with Crippen molar-refractivity contribution in [2.24, 2.45) is 5.73 Å². The summed E-state index contributed by atoms with van der Waals surface area (Å²) in [4.78, 5) is 15.5. The highest BCUT2D eigenvalue weighted by molar-refractivity contribution is 7.22. The van der Waals surface area contributed by atoms with E-state index in [2.05, 4.69) is 4.98 Å². The van der Waals surface area contributed by atoms with Crippen molar-refractivity contribution in [2.45, 2.75) is 6.18 Å². The van der Waals surface area contributed by atoms with Gasteiger partial charge in [-0.3, -0.25) is 4.79 Å². The fourth-order valence-electron chi connectivity index (χ4n) is 2.16. The zero-order valence-electron chi connectivity index (χ0n) is 11.4. The second-order valence-electron chi connectivity index (χ2n) is 4.79. The third-order valence-corrected chi connectivity index (χ3v) is 4.45. The van der Waals surface area contributed by atoms with Crippen molar-refractivity contribution >= 4 is 27.3 Å². The maximum absolute atomic E-state index is 12.8. The van der Waals surface area contributed by atoms with E-state index in [9.17, 15) is 23.1 Å². The predicted molar refractivity (Wildman–Crippen MR) is 80.2 cm³/mol. The number of benzene rings is 1. The van der Waals surface area contributed by atoms with E-state index in [4.69, 9.17) is 5.73 Å². The molecule has 118 valence electrons. The van der Waals surface area contributed by atoms with Crippen molar-refractivity contribution in [1.29, 1.82) is 0 Å². The van der Waals surface area contributed by atoms with Crippen LogP contribution in [0.1, 0.15) is 16.1 Å². The van der Waals surface area contributed by atoms with Gasteiger partial charge < -0.3 is 10.8 Å². The smallest absolute Gasteiger partial charge is 0.416 e. The molecule has 0 atom stereocenters. The molecule has 0 aliphatic carbocycles. The first-order valence-electron chi connectivity index (χ1n) is 6.36. The third kappa shape index (κ3) is 2.72. The van der Waals surface area contributed by atoms with Gasteiger partial charge in [0.2, 0.25) is 0 Å². The second kappa shape index (κ2) is 5.24. The number of nitrogens with two attached hydrogens (primary N) is 1. The van der Waals surface area contributed by atoms with Crippen molar-refractivity contribution in [3.05, 3.63) is 47.8 Å². The summed E-state index contributed by atoms with van der Waals surface area (Å²) in [5.41, 5.74) is 4.45. The summed E-state index contributed by atoms with van der Waals surface area (Å²) in [6.07, 6.45) is -3.09. The lowest BCUT2D eigenvalue weighted by atomic mass is 10.1. The minimum absolute atomic E-state index is 0.269. The number of aromatic hydroxyl groups is 1. The Kier molecular flexibility index (Phi) is 3.48. The summed E-state index contributed by atoms with van der Waals surface area (Å²) in [5, 5.41) is 10.5. The second-order valence-corrected chi connectivity index (χ2v) is 5.85. The largest absolute Gasteiger partial charge is 0.504 e. The van der Waals surface area contributed by atoms with Crippen molar-refractivity contribution < 1.29 is 23.1 Å². The molecule has 0 saturated heterocycles. The maximum atomic E-state index is 12.8. The Labute approximate surface area is 132 Å². The molecule has 2 aromatic heterocycles. The summed E-state index contributed by atoms with van der Waals surface area (Å²) in [5.74, 6) is -1.24. The number of aromatic nitrogens is 1. The van der Waals surface area contributed by atoms with Gasteiger partial charge in [-0.15, -0.1) is 11.3 Å². The van der Waals surface area contributed by atoms with Crippen LogP contribution in [0.5, 0.6) is 5.75 Å². The van der Waals surface area contributed by atoms with Crippen LogP contribution in [0.15, 0.2) is 36.5 Å². The van der Waals surface area contributed by atoms with Gasteiger partial charge in [-0.1, -0.05) is 12.1 Å². The molecular formula is C15H9F3N2O2S. The molecule has 3 rings (SSSR count). The molecule has 3 N–H and O–H groups in total. The molecule has 1 aromatic carbocycles. The van der Waals surface area contributed by atoms with Gasteiger partial charge >= 0.3 is 6.18 Å². The average Bonchev–Trinajstić information content (AvgIpc) is 2.91. The standard InChI is InChI=1S/C15H9F3N2O2S/c16-15(17,18)9-3-1-2-7(4-9)10-5-8-6-20-11(14(19)22)12(21)13(8)23-10/h1-6,21H,(H2,19,22). The van der Waals surface area contributed by atoms with Crippen molar-refractivity contribution in [1.82, 2.24) is 4.98 Å². The number of carbonyl (C=O) groups excluding carboxylic acids is 1. The molecule has 0 aliphatic rings. The number of nitrogens with zero attached hydrogens (tertiary/aromatic N) is 1. The van der Waals surface area contributed by atoms with E-state index in [1.54, 1.807) is 12.1 Å². The maximum Gasteiger partial charge on any atom is 0.416 e. The molecule has 23 heavy (non-hydrogen) atoms. The van der Waals surface area contributed by atoms with Crippen LogP contribution in [0.2, 0.25) is 0 Å². The summed E-state index contributed by atoms with van der Waals surface area (Å²) in [7, 11) is 0. The number of rotatable bonds is 2. The van der Waals surface area contributed by atoms with E-state index >= 15 is 0 Å². The SMILES string of the molecule is NC(=O)c1ncc2cc(-c3cccc(C(F)(F)F)c3)sc2c1O. The molecular weight excluding hydrogens is 329 g/mol. The number of alkyl halides is 3. The van der Waals surface area contributed by atoms with Crippen molar-refractivity contribution in [3.8, 4) is 16.2 Å². The summed E-state index contributed by atoms with van der Waals surface area (Å²) in [6.45, 7) is 0. The summed E-state index contributed by atoms with van der Waals surface area (Å²) >= 11 is 1.06. The highest BCUT2D eigenvalue weighted by Crippen LogP contribution is 2.40. The van der Waals surface area contributed by atoms with Crippen LogP contribution in [0, 0.1) is 0 Å². The van der Waals surface area contributed by atoms with Crippen LogP contribution in [-0.4, -0.2) is 16.0 Å². The first-order valence-corrected chi connectivity index (χ1v) is 7.18. The molecule has 2 heterocycles. The van der Waals surface area contributed by atoms with Gasteiger partial charge in [0, 0.05) is 16.5 Å². The van der Waals surface area contributed by atoms with Crippen LogP contribution < -0.4 is 5.73 Å². The van der Waals surface area contributed by atoms with Gasteiger partial charge in [0.25, 0.3) is 5.91 Å². The fourth-order valence-corrected chi connectivity index (χ4v) is 3.23. The number of carbonyl (C=O) groups is 1. The predicted octanol–water partition coefficient (Wildman–Crippen LogP) is 3.79. The molecule has 0 bridgehead atoms. The number of primary amides is 1. The Bertz CT molecular complexity index is 919. The average molecular weight is 338 g/mol. The van der Waals surface area contributed by atoms with Gasteiger partial charge in [-0.25, -0.2) is 4.98 Å². The fraction of sp³-hybridized carbons (Fsp3) is 0.0667. The molecule has 1 amide bonds. The van der Waals surface area contributed by atoms with Gasteiger partial charge in [-0.2, -0.15) is 13.2 Å². The summed E-state index contributed by atoms with van der Waals surface area (Å²) < 4.78 is 38.7. The lowest BCUT2D eigenvalue weighted by molar-refractivity contribution is -0.137.